The lowest BCUT2D eigenvalue weighted by Gasteiger charge is -2.18. The van der Waals surface area contributed by atoms with E-state index in [1.54, 1.807) is 13.2 Å². The summed E-state index contributed by atoms with van der Waals surface area (Å²) in [5.74, 6) is 1.25. The van der Waals surface area contributed by atoms with E-state index < -0.39 is 5.41 Å². The standard InChI is InChI=1S/C23H24N6/c1-15-7-10-27-13-19(15)20-12-16-11-17(5-3-4-6-18(16)21(25)29-20)28-22(26-2)23(14-24)8-9-23/h4,6-7,10-13H,3,5,8-9H2,1-2H3,(H2,25,29)(H,26,28)/b6-4-,17-11+. The maximum atomic E-state index is 9.54. The average molecular weight is 384 g/mol. The molecule has 2 heterocycles. The van der Waals surface area contributed by atoms with Crippen LogP contribution < -0.4 is 11.1 Å². The minimum absolute atomic E-state index is 0.453. The van der Waals surface area contributed by atoms with Crippen LogP contribution in [0.15, 0.2) is 41.3 Å². The number of nitrogens with zero attached hydrogens (tertiary/aromatic N) is 4. The summed E-state index contributed by atoms with van der Waals surface area (Å²) in [5, 5.41) is 13.0. The highest BCUT2D eigenvalue weighted by Crippen LogP contribution is 2.46. The van der Waals surface area contributed by atoms with Crippen molar-refractivity contribution >= 4 is 23.8 Å². The van der Waals surface area contributed by atoms with Crippen LogP contribution in [0.1, 0.15) is 42.4 Å². The summed E-state index contributed by atoms with van der Waals surface area (Å²) in [6.45, 7) is 2.04. The molecule has 2 aromatic heterocycles. The first kappa shape index (κ1) is 18.9. The van der Waals surface area contributed by atoms with Crippen molar-refractivity contribution in [2.24, 2.45) is 10.4 Å². The van der Waals surface area contributed by atoms with Gasteiger partial charge in [-0.2, -0.15) is 5.26 Å². The highest BCUT2D eigenvalue weighted by Gasteiger charge is 2.48. The molecule has 2 aliphatic carbocycles. The van der Waals surface area contributed by atoms with E-state index in [0.717, 1.165) is 65.2 Å². The van der Waals surface area contributed by atoms with Gasteiger partial charge in [-0.15, -0.1) is 0 Å². The van der Waals surface area contributed by atoms with Gasteiger partial charge in [0.15, 0.2) is 0 Å². The first-order valence-electron chi connectivity index (χ1n) is 9.80. The van der Waals surface area contributed by atoms with Crippen LogP contribution in [-0.2, 0) is 0 Å². The number of aliphatic imine (C=N–C) groups is 1. The molecule has 1 saturated carbocycles. The van der Waals surface area contributed by atoms with Crippen LogP contribution in [0, 0.1) is 23.7 Å². The summed E-state index contributed by atoms with van der Waals surface area (Å²) in [4.78, 5) is 13.2. The number of fused-ring (bicyclic) bond motifs is 1. The molecular formula is C23H24N6. The van der Waals surface area contributed by atoms with Gasteiger partial charge in [0, 0.05) is 36.3 Å². The van der Waals surface area contributed by atoms with Crippen LogP contribution >= 0.6 is 0 Å². The summed E-state index contributed by atoms with van der Waals surface area (Å²) < 4.78 is 0. The predicted molar refractivity (Wildman–Crippen MR) is 117 cm³/mol. The third-order valence-corrected chi connectivity index (χ3v) is 5.55. The molecule has 4 rings (SSSR count). The molecule has 0 aromatic carbocycles. The fraction of sp³-hybridized carbons (Fsp3) is 0.304. The molecule has 29 heavy (non-hydrogen) atoms. The van der Waals surface area contributed by atoms with Gasteiger partial charge in [0.1, 0.15) is 17.1 Å². The first-order chi connectivity index (χ1) is 14.1. The minimum Gasteiger partial charge on any atom is -0.383 e. The van der Waals surface area contributed by atoms with Crippen molar-refractivity contribution in [3.05, 3.63) is 53.0 Å². The third-order valence-electron chi connectivity index (χ3n) is 5.55. The number of rotatable bonds is 3. The largest absolute Gasteiger partial charge is 0.383 e. The second-order valence-corrected chi connectivity index (χ2v) is 7.59. The van der Waals surface area contributed by atoms with Crippen LogP contribution in [0.4, 0.5) is 5.82 Å². The Morgan fingerprint density at radius 3 is 2.90 bits per heavy atom. The first-order valence-corrected chi connectivity index (χ1v) is 9.80. The number of pyridine rings is 2. The summed E-state index contributed by atoms with van der Waals surface area (Å²) >= 11 is 0. The van der Waals surface area contributed by atoms with E-state index in [1.165, 1.54) is 0 Å². The molecule has 6 nitrogen and oxygen atoms in total. The van der Waals surface area contributed by atoms with Crippen molar-refractivity contribution in [2.45, 2.75) is 32.6 Å². The van der Waals surface area contributed by atoms with Gasteiger partial charge in [0.2, 0.25) is 0 Å². The van der Waals surface area contributed by atoms with Gasteiger partial charge >= 0.3 is 0 Å². The van der Waals surface area contributed by atoms with E-state index in [-0.39, 0.29) is 0 Å². The van der Waals surface area contributed by atoms with Crippen LogP contribution in [0.5, 0.6) is 0 Å². The lowest BCUT2D eigenvalue weighted by Crippen LogP contribution is -2.31. The van der Waals surface area contributed by atoms with Crippen LogP contribution in [0.3, 0.4) is 0 Å². The SMILES string of the molecule is C/N=C(/N/C1=C/c2cc(-c3cnccc3C)nc(N)c2/C=C\CC1)C1(C#N)CC1. The molecule has 1 fully saturated rings. The summed E-state index contributed by atoms with van der Waals surface area (Å²) in [5.41, 5.74) is 11.7. The number of nitrogens with one attached hydrogen (secondary N) is 1. The molecule has 0 spiro atoms. The number of aryl methyl sites for hydroxylation is 1. The number of anilines is 1. The highest BCUT2D eigenvalue weighted by atomic mass is 15.0. The van der Waals surface area contributed by atoms with Crippen molar-refractivity contribution in [3.63, 3.8) is 0 Å². The Bertz CT molecular complexity index is 1080. The molecule has 0 unspecified atom stereocenters. The number of nitrogens with two attached hydrogens (primary N) is 1. The molecular weight excluding hydrogens is 360 g/mol. The molecule has 0 atom stereocenters. The topological polar surface area (TPSA) is 100.0 Å². The van der Waals surface area contributed by atoms with E-state index in [4.69, 9.17) is 5.73 Å². The van der Waals surface area contributed by atoms with Crippen LogP contribution in [0.2, 0.25) is 0 Å². The molecule has 0 bridgehead atoms. The fourth-order valence-corrected chi connectivity index (χ4v) is 3.63. The molecule has 6 heteroatoms. The Morgan fingerprint density at radius 1 is 1.38 bits per heavy atom. The maximum Gasteiger partial charge on any atom is 0.131 e. The van der Waals surface area contributed by atoms with E-state index in [9.17, 15) is 5.26 Å². The summed E-state index contributed by atoms with van der Waals surface area (Å²) in [6.07, 6.45) is 13.3. The lowest BCUT2D eigenvalue weighted by atomic mass is 9.98. The normalized spacial score (nSPS) is 20.3. The van der Waals surface area contributed by atoms with Crippen molar-refractivity contribution in [2.75, 3.05) is 12.8 Å². The highest BCUT2D eigenvalue weighted by molar-refractivity contribution is 5.95. The monoisotopic (exact) mass is 384 g/mol. The second kappa shape index (κ2) is 7.51. The maximum absolute atomic E-state index is 9.54. The van der Waals surface area contributed by atoms with E-state index in [0.29, 0.717) is 5.82 Å². The van der Waals surface area contributed by atoms with Crippen LogP contribution in [0.25, 0.3) is 23.4 Å². The number of hydrogen-bond acceptors (Lipinski definition) is 5. The summed E-state index contributed by atoms with van der Waals surface area (Å²) in [7, 11) is 1.74. The zero-order chi connectivity index (χ0) is 20.4. The number of aromatic nitrogens is 2. The zero-order valence-electron chi connectivity index (χ0n) is 16.7. The molecule has 2 aliphatic rings. The Hall–Kier alpha value is -3.46. The van der Waals surface area contributed by atoms with E-state index in [1.807, 2.05) is 31.3 Å². The van der Waals surface area contributed by atoms with Gasteiger partial charge in [-0.25, -0.2) is 4.98 Å². The lowest BCUT2D eigenvalue weighted by molar-refractivity contribution is 0.833. The Kier molecular flexibility index (Phi) is 4.89. The quantitative estimate of drug-likeness (QED) is 0.613. The average Bonchev–Trinajstić information content (AvgIpc) is 3.49. The fourth-order valence-electron chi connectivity index (χ4n) is 3.63. The third kappa shape index (κ3) is 3.64. The zero-order valence-corrected chi connectivity index (χ0v) is 16.7. The number of hydrogen-bond donors (Lipinski definition) is 2. The molecule has 0 radical (unpaired) electrons. The van der Waals surface area contributed by atoms with Gasteiger partial charge in [-0.05, 0) is 61.9 Å². The predicted octanol–water partition coefficient (Wildman–Crippen LogP) is 4.10. The van der Waals surface area contributed by atoms with Gasteiger partial charge in [0.25, 0.3) is 0 Å². The number of nitrogen functional groups attached to an aromatic ring is 1. The number of amidine groups is 1. The van der Waals surface area contributed by atoms with Crippen molar-refractivity contribution in [3.8, 4) is 17.3 Å². The smallest absolute Gasteiger partial charge is 0.131 e. The van der Waals surface area contributed by atoms with E-state index >= 15 is 0 Å². The Morgan fingerprint density at radius 2 is 2.21 bits per heavy atom. The molecule has 0 aliphatic heterocycles. The number of allylic oxidation sites excluding steroid dienone is 2. The Balaban J connectivity index is 1.76. The Labute approximate surface area is 170 Å². The van der Waals surface area contributed by atoms with Crippen molar-refractivity contribution in [1.82, 2.24) is 15.3 Å². The second-order valence-electron chi connectivity index (χ2n) is 7.59. The molecule has 146 valence electrons. The van der Waals surface area contributed by atoms with Crippen molar-refractivity contribution < 1.29 is 0 Å². The molecule has 0 saturated heterocycles. The van der Waals surface area contributed by atoms with Gasteiger partial charge in [0.05, 0.1) is 11.8 Å². The van der Waals surface area contributed by atoms with Crippen molar-refractivity contribution in [1.29, 1.82) is 5.26 Å². The van der Waals surface area contributed by atoms with Gasteiger partial charge < -0.3 is 11.1 Å². The van der Waals surface area contributed by atoms with E-state index in [2.05, 4.69) is 38.5 Å². The van der Waals surface area contributed by atoms with Crippen LogP contribution in [-0.4, -0.2) is 22.9 Å². The molecule has 0 amide bonds. The number of nitriles is 1. The van der Waals surface area contributed by atoms with Gasteiger partial charge in [-0.3, -0.25) is 9.98 Å². The minimum atomic E-state index is -0.453. The van der Waals surface area contributed by atoms with Gasteiger partial charge in [-0.1, -0.05) is 12.2 Å². The molecule has 3 N–H and O–H groups in total. The molecule has 2 aromatic rings. The summed E-state index contributed by atoms with van der Waals surface area (Å²) in [6, 6.07) is 6.43.